The van der Waals surface area contributed by atoms with Gasteiger partial charge >= 0.3 is 4.87 Å². The van der Waals surface area contributed by atoms with Crippen LogP contribution in [0.1, 0.15) is 13.8 Å². The van der Waals surface area contributed by atoms with Crippen molar-refractivity contribution >= 4 is 60.5 Å². The van der Waals surface area contributed by atoms with Gasteiger partial charge in [0, 0.05) is 12.2 Å². The van der Waals surface area contributed by atoms with E-state index in [1.54, 1.807) is 22.8 Å². The summed E-state index contributed by atoms with van der Waals surface area (Å²) in [5.41, 5.74) is 1.49. The number of carbonyl (C=O) groups excluding carboxylic acids is 1. The van der Waals surface area contributed by atoms with E-state index in [0.29, 0.717) is 18.0 Å². The van der Waals surface area contributed by atoms with E-state index in [1.165, 1.54) is 32.2 Å². The lowest BCUT2D eigenvalue weighted by Crippen LogP contribution is -2.45. The van der Waals surface area contributed by atoms with Gasteiger partial charge in [0.25, 0.3) is 0 Å². The molecule has 0 saturated heterocycles. The second-order valence-electron chi connectivity index (χ2n) is 6.84. The van der Waals surface area contributed by atoms with E-state index >= 15 is 0 Å². The summed E-state index contributed by atoms with van der Waals surface area (Å²) in [7, 11) is -2.35. The monoisotopic (exact) mass is 483 g/mol. The topological polar surface area (TPSA) is 97.7 Å². The summed E-state index contributed by atoms with van der Waals surface area (Å²) in [6, 6.07) is 8.57. The van der Waals surface area contributed by atoms with Gasteiger partial charge in [0.1, 0.15) is 11.8 Å². The van der Waals surface area contributed by atoms with Gasteiger partial charge < -0.3 is 10.1 Å². The summed E-state index contributed by atoms with van der Waals surface area (Å²) in [6.07, 6.45) is 1.02. The molecule has 1 amide bonds. The predicted molar refractivity (Wildman–Crippen MR) is 125 cm³/mol. The van der Waals surface area contributed by atoms with Crippen LogP contribution in [0.2, 0.25) is 5.02 Å². The van der Waals surface area contributed by atoms with Crippen molar-refractivity contribution in [3.05, 3.63) is 51.1 Å². The summed E-state index contributed by atoms with van der Waals surface area (Å²) in [5.74, 6) is -0.138. The largest absolute Gasteiger partial charge is 0.495 e. The zero-order valence-corrected chi connectivity index (χ0v) is 19.8. The Hall–Kier alpha value is -2.56. The SMILES string of the molecule is CCn1c(=O)sc2cc(NC(=O)C(C)N(c3ccc(OC)c(Cl)c3)S(C)(=O)=O)ccc21. The van der Waals surface area contributed by atoms with Gasteiger partial charge in [-0.15, -0.1) is 0 Å². The van der Waals surface area contributed by atoms with Gasteiger partial charge in [-0.1, -0.05) is 22.9 Å². The number of hydrogen-bond donors (Lipinski definition) is 1. The zero-order valence-electron chi connectivity index (χ0n) is 17.4. The molecule has 3 rings (SSSR count). The van der Waals surface area contributed by atoms with E-state index < -0.39 is 22.0 Å². The molecule has 1 aromatic heterocycles. The quantitative estimate of drug-likeness (QED) is 0.554. The smallest absolute Gasteiger partial charge is 0.308 e. The van der Waals surface area contributed by atoms with E-state index in [-0.39, 0.29) is 15.6 Å². The number of hydrogen-bond acceptors (Lipinski definition) is 6. The average Bonchev–Trinajstić information content (AvgIpc) is 3.01. The summed E-state index contributed by atoms with van der Waals surface area (Å²) in [4.78, 5) is 24.9. The van der Waals surface area contributed by atoms with Gasteiger partial charge in [-0.2, -0.15) is 0 Å². The third-order valence-corrected chi connectivity index (χ3v) is 7.21. The summed E-state index contributed by atoms with van der Waals surface area (Å²) in [6.45, 7) is 3.92. The highest BCUT2D eigenvalue weighted by molar-refractivity contribution is 7.92. The van der Waals surface area contributed by atoms with Crippen molar-refractivity contribution in [2.24, 2.45) is 0 Å². The van der Waals surface area contributed by atoms with Gasteiger partial charge in [-0.3, -0.25) is 18.5 Å². The van der Waals surface area contributed by atoms with Crippen LogP contribution in [0.25, 0.3) is 10.2 Å². The summed E-state index contributed by atoms with van der Waals surface area (Å²) >= 11 is 7.24. The number of carbonyl (C=O) groups is 1. The first-order valence-corrected chi connectivity index (χ1v) is 12.4. The second-order valence-corrected chi connectivity index (χ2v) is 10.1. The van der Waals surface area contributed by atoms with Crippen LogP contribution in [0.5, 0.6) is 5.75 Å². The van der Waals surface area contributed by atoms with Crippen LogP contribution in [0, 0.1) is 0 Å². The van der Waals surface area contributed by atoms with Crippen molar-refractivity contribution in [2.75, 3.05) is 23.0 Å². The molecule has 0 bridgehead atoms. The van der Waals surface area contributed by atoms with Crippen molar-refractivity contribution in [3.63, 3.8) is 0 Å². The number of sulfonamides is 1. The molecule has 8 nitrogen and oxygen atoms in total. The Bertz CT molecular complexity index is 1300. The van der Waals surface area contributed by atoms with Crippen molar-refractivity contribution in [1.29, 1.82) is 0 Å². The minimum atomic E-state index is -3.80. The molecule has 0 spiro atoms. The molecule has 1 unspecified atom stereocenters. The molecule has 166 valence electrons. The molecule has 2 aromatic carbocycles. The lowest BCUT2D eigenvalue weighted by Gasteiger charge is -2.28. The normalized spacial score (nSPS) is 12.5. The maximum atomic E-state index is 12.9. The van der Waals surface area contributed by atoms with Gasteiger partial charge in [-0.05, 0) is 50.2 Å². The Balaban J connectivity index is 1.91. The Morgan fingerprint density at radius 3 is 2.58 bits per heavy atom. The number of anilines is 2. The Morgan fingerprint density at radius 2 is 2.00 bits per heavy atom. The Kier molecular flexibility index (Phi) is 6.63. The maximum Gasteiger partial charge on any atom is 0.308 e. The molecule has 1 heterocycles. The van der Waals surface area contributed by atoms with Crippen molar-refractivity contribution < 1.29 is 17.9 Å². The number of nitrogens with one attached hydrogen (secondary N) is 1. The number of halogens is 1. The van der Waals surface area contributed by atoms with E-state index in [9.17, 15) is 18.0 Å². The van der Waals surface area contributed by atoms with Crippen LogP contribution in [-0.4, -0.2) is 38.3 Å². The molecule has 31 heavy (non-hydrogen) atoms. The number of methoxy groups -OCH3 is 1. The molecule has 0 aliphatic carbocycles. The van der Waals surface area contributed by atoms with Crippen LogP contribution >= 0.6 is 22.9 Å². The fourth-order valence-corrected chi connectivity index (χ4v) is 5.70. The number of nitrogens with zero attached hydrogens (tertiary/aromatic N) is 2. The average molecular weight is 484 g/mol. The van der Waals surface area contributed by atoms with Gasteiger partial charge in [0.2, 0.25) is 15.9 Å². The highest BCUT2D eigenvalue weighted by atomic mass is 35.5. The standard InChI is InChI=1S/C20H22ClN3O5S2/c1-5-23-16-8-6-13(10-18(16)30-20(23)26)22-19(25)12(2)24(31(4,27)28)14-7-9-17(29-3)15(21)11-14/h6-12H,5H2,1-4H3,(H,22,25). The number of benzene rings is 2. The number of aromatic nitrogens is 1. The Labute approximate surface area is 189 Å². The summed E-state index contributed by atoms with van der Waals surface area (Å²) in [5, 5.41) is 2.96. The van der Waals surface area contributed by atoms with E-state index in [4.69, 9.17) is 16.3 Å². The minimum absolute atomic E-state index is 0.0750. The van der Waals surface area contributed by atoms with Crippen LogP contribution in [-0.2, 0) is 21.4 Å². The van der Waals surface area contributed by atoms with Crippen LogP contribution < -0.4 is 19.2 Å². The molecule has 11 heteroatoms. The fourth-order valence-electron chi connectivity index (χ4n) is 3.29. The number of rotatable bonds is 7. The van der Waals surface area contributed by atoms with Gasteiger partial charge in [0.15, 0.2) is 0 Å². The highest BCUT2D eigenvalue weighted by Gasteiger charge is 2.29. The molecule has 3 aromatic rings. The van der Waals surface area contributed by atoms with Gasteiger partial charge in [-0.25, -0.2) is 8.42 Å². The number of ether oxygens (including phenoxy) is 1. The van der Waals surface area contributed by atoms with E-state index in [2.05, 4.69) is 5.32 Å². The fraction of sp³-hybridized carbons (Fsp3) is 0.300. The van der Waals surface area contributed by atoms with E-state index in [0.717, 1.165) is 32.1 Å². The first-order valence-electron chi connectivity index (χ1n) is 9.34. The number of aryl methyl sites for hydroxylation is 1. The van der Waals surface area contributed by atoms with Crippen LogP contribution in [0.4, 0.5) is 11.4 Å². The molecule has 0 fully saturated rings. The molecule has 1 atom stereocenters. The maximum absolute atomic E-state index is 12.9. The number of thiazole rings is 1. The zero-order chi connectivity index (χ0) is 22.9. The minimum Gasteiger partial charge on any atom is -0.495 e. The summed E-state index contributed by atoms with van der Waals surface area (Å²) < 4.78 is 33.4. The molecule has 0 saturated carbocycles. The first-order chi connectivity index (χ1) is 14.6. The second kappa shape index (κ2) is 8.89. The molecule has 0 aliphatic rings. The molecular weight excluding hydrogens is 462 g/mol. The first kappa shape index (κ1) is 23.1. The molecule has 0 radical (unpaired) electrons. The van der Waals surface area contributed by atoms with Crippen LogP contribution in [0.3, 0.4) is 0 Å². The molecule has 1 N–H and O–H groups in total. The third kappa shape index (κ3) is 4.70. The predicted octanol–water partition coefficient (Wildman–Crippen LogP) is 3.54. The van der Waals surface area contributed by atoms with Crippen LogP contribution in [0.15, 0.2) is 41.2 Å². The van der Waals surface area contributed by atoms with Gasteiger partial charge in [0.05, 0.1) is 34.3 Å². The van der Waals surface area contributed by atoms with E-state index in [1.807, 2.05) is 6.92 Å². The highest BCUT2D eigenvalue weighted by Crippen LogP contribution is 2.31. The molecule has 0 aliphatic heterocycles. The number of fused-ring (bicyclic) bond motifs is 1. The van der Waals surface area contributed by atoms with Crippen molar-refractivity contribution in [1.82, 2.24) is 4.57 Å². The Morgan fingerprint density at radius 1 is 1.29 bits per heavy atom. The van der Waals surface area contributed by atoms with Crippen molar-refractivity contribution in [3.8, 4) is 5.75 Å². The lowest BCUT2D eigenvalue weighted by atomic mass is 10.2. The third-order valence-electron chi connectivity index (χ3n) is 4.73. The number of amides is 1. The lowest BCUT2D eigenvalue weighted by molar-refractivity contribution is -0.116. The van der Waals surface area contributed by atoms with Crippen molar-refractivity contribution in [2.45, 2.75) is 26.4 Å². The molecular formula is C20H22ClN3O5S2.